The smallest absolute Gasteiger partial charge is 0.312 e. The fourth-order valence-electron chi connectivity index (χ4n) is 2.00. The van der Waals surface area contributed by atoms with E-state index in [0.717, 1.165) is 12.7 Å². The Labute approximate surface area is 126 Å². The zero-order valence-corrected chi connectivity index (χ0v) is 13.1. The van der Waals surface area contributed by atoms with Gasteiger partial charge in [-0.1, -0.05) is 20.8 Å². The quantitative estimate of drug-likeness (QED) is 0.321. The Morgan fingerprint density at radius 1 is 1.24 bits per heavy atom. The number of rotatable bonds is 11. The minimum Gasteiger partial charge on any atom is -0.352 e. The maximum atomic E-state index is 12.1. The van der Waals surface area contributed by atoms with Crippen molar-refractivity contribution in [3.8, 4) is 0 Å². The van der Waals surface area contributed by atoms with Gasteiger partial charge in [-0.3, -0.25) is 4.79 Å². The highest BCUT2D eigenvalue weighted by Crippen LogP contribution is 2.04. The minimum absolute atomic E-state index is 0.150. The minimum atomic E-state index is -0.555. The van der Waals surface area contributed by atoms with E-state index in [-0.39, 0.29) is 17.9 Å². The summed E-state index contributed by atoms with van der Waals surface area (Å²) < 4.78 is 0. The van der Waals surface area contributed by atoms with Gasteiger partial charge in [0, 0.05) is 6.54 Å². The van der Waals surface area contributed by atoms with Gasteiger partial charge >= 0.3 is 6.03 Å². The summed E-state index contributed by atoms with van der Waals surface area (Å²) in [5.41, 5.74) is 4.95. The zero-order valence-electron chi connectivity index (χ0n) is 13.1. The second kappa shape index (κ2) is 11.1. The highest BCUT2D eigenvalue weighted by molar-refractivity contribution is 5.84. The van der Waals surface area contributed by atoms with E-state index >= 15 is 0 Å². The lowest BCUT2D eigenvalue weighted by Crippen LogP contribution is -2.50. The largest absolute Gasteiger partial charge is 0.352 e. The second-order valence-electron chi connectivity index (χ2n) is 5.32. The monoisotopic (exact) mass is 300 g/mol. The predicted molar refractivity (Wildman–Crippen MR) is 81.7 cm³/mol. The number of urea groups is 1. The molecule has 0 saturated heterocycles. The molecule has 0 heterocycles. The number of primary amides is 1. The average molecular weight is 300 g/mol. The van der Waals surface area contributed by atoms with Crippen molar-refractivity contribution in [2.24, 2.45) is 11.7 Å². The Morgan fingerprint density at radius 2 is 1.90 bits per heavy atom. The number of nitrogens with two attached hydrogens (primary N) is 1. The second-order valence-corrected chi connectivity index (χ2v) is 5.32. The molecule has 0 aliphatic carbocycles. The van der Waals surface area contributed by atoms with E-state index in [1.54, 1.807) is 0 Å². The molecule has 5 N–H and O–H groups in total. The summed E-state index contributed by atoms with van der Waals surface area (Å²) in [7, 11) is 0. The molecule has 0 aromatic rings. The molecular formula is C14H28N4O3. The van der Waals surface area contributed by atoms with Crippen LogP contribution in [0.25, 0.3) is 0 Å². The van der Waals surface area contributed by atoms with Crippen molar-refractivity contribution in [1.29, 1.82) is 0 Å². The van der Waals surface area contributed by atoms with Gasteiger partial charge in [-0.05, 0) is 31.7 Å². The predicted octanol–water partition coefficient (Wildman–Crippen LogP) is 0.143. The Kier molecular flexibility index (Phi) is 10.2. The zero-order chi connectivity index (χ0) is 16.3. The molecule has 0 bridgehead atoms. The molecule has 7 nitrogen and oxygen atoms in total. The molecule has 21 heavy (non-hydrogen) atoms. The first kappa shape index (κ1) is 19.4. The van der Waals surface area contributed by atoms with Gasteiger partial charge in [0.15, 0.2) is 0 Å². The molecule has 0 unspecified atom stereocenters. The van der Waals surface area contributed by atoms with Gasteiger partial charge in [0.2, 0.25) is 5.91 Å². The topological polar surface area (TPSA) is 113 Å². The summed E-state index contributed by atoms with van der Waals surface area (Å²) in [6, 6.07) is -1.35. The van der Waals surface area contributed by atoms with Crippen LogP contribution in [0.5, 0.6) is 0 Å². The van der Waals surface area contributed by atoms with E-state index < -0.39 is 12.1 Å². The number of aldehydes is 1. The third-order valence-electron chi connectivity index (χ3n) is 3.11. The number of hydrogen-bond acceptors (Lipinski definition) is 4. The first-order valence-electron chi connectivity index (χ1n) is 7.44. The van der Waals surface area contributed by atoms with Crippen LogP contribution in [-0.4, -0.2) is 43.4 Å². The number of nitrogens with one attached hydrogen (secondary N) is 3. The van der Waals surface area contributed by atoms with E-state index in [4.69, 9.17) is 5.73 Å². The van der Waals surface area contributed by atoms with Gasteiger partial charge < -0.3 is 26.5 Å². The summed E-state index contributed by atoms with van der Waals surface area (Å²) >= 11 is 0. The Morgan fingerprint density at radius 3 is 2.38 bits per heavy atom. The maximum absolute atomic E-state index is 12.1. The summed E-state index contributed by atoms with van der Waals surface area (Å²) in [5, 5.41) is 8.34. The molecule has 0 aromatic heterocycles. The molecule has 2 atom stereocenters. The van der Waals surface area contributed by atoms with Crippen molar-refractivity contribution in [3.63, 3.8) is 0 Å². The highest BCUT2D eigenvalue weighted by Gasteiger charge is 2.23. The van der Waals surface area contributed by atoms with Gasteiger partial charge in [0.05, 0.1) is 12.1 Å². The van der Waals surface area contributed by atoms with Gasteiger partial charge in [0.1, 0.15) is 6.29 Å². The molecule has 7 heteroatoms. The molecule has 0 rings (SSSR count). The lowest BCUT2D eigenvalue weighted by Gasteiger charge is -2.23. The molecule has 0 aliphatic rings. The first-order valence-corrected chi connectivity index (χ1v) is 7.44. The van der Waals surface area contributed by atoms with Crippen LogP contribution in [-0.2, 0) is 9.59 Å². The summed E-state index contributed by atoms with van der Waals surface area (Å²) in [6.45, 7) is 7.02. The number of carbonyl (C=O) groups excluding carboxylic acids is 3. The van der Waals surface area contributed by atoms with Crippen LogP contribution >= 0.6 is 0 Å². The molecule has 0 fully saturated rings. The van der Waals surface area contributed by atoms with Gasteiger partial charge in [-0.15, -0.1) is 0 Å². The van der Waals surface area contributed by atoms with Crippen molar-refractivity contribution < 1.29 is 14.4 Å². The SMILES string of the molecule is CCN[C@H](C(=O)N[C@H](C=O)CCCCNC(N)=O)C(C)C. The van der Waals surface area contributed by atoms with Crippen LogP contribution < -0.4 is 21.7 Å². The van der Waals surface area contributed by atoms with Crippen LogP contribution in [0, 0.1) is 5.92 Å². The van der Waals surface area contributed by atoms with E-state index in [1.807, 2.05) is 20.8 Å². The van der Waals surface area contributed by atoms with E-state index in [2.05, 4.69) is 16.0 Å². The molecule has 0 radical (unpaired) electrons. The Hall–Kier alpha value is -1.63. The maximum Gasteiger partial charge on any atom is 0.312 e. The van der Waals surface area contributed by atoms with Crippen molar-refractivity contribution in [1.82, 2.24) is 16.0 Å². The molecule has 0 aliphatic heterocycles. The molecule has 0 spiro atoms. The van der Waals surface area contributed by atoms with E-state index in [0.29, 0.717) is 25.9 Å². The highest BCUT2D eigenvalue weighted by atomic mass is 16.2. The fourth-order valence-corrected chi connectivity index (χ4v) is 2.00. The number of amides is 3. The van der Waals surface area contributed by atoms with E-state index in [9.17, 15) is 14.4 Å². The Balaban J connectivity index is 4.14. The summed E-state index contributed by atoms with van der Waals surface area (Å²) in [4.78, 5) is 33.6. The number of carbonyl (C=O) groups is 3. The molecular weight excluding hydrogens is 272 g/mol. The lowest BCUT2D eigenvalue weighted by atomic mass is 10.0. The van der Waals surface area contributed by atoms with Crippen LogP contribution in [0.4, 0.5) is 4.79 Å². The standard InChI is InChI=1S/C14H28N4O3/c1-4-16-12(10(2)3)13(20)18-11(9-19)7-5-6-8-17-14(15)21/h9-12,16H,4-8H2,1-3H3,(H,18,20)(H3,15,17,21)/t11-,12-/m0/s1. The number of hydrogen-bond donors (Lipinski definition) is 4. The Bertz CT molecular complexity index is 334. The van der Waals surface area contributed by atoms with E-state index in [1.165, 1.54) is 0 Å². The average Bonchev–Trinajstić information content (AvgIpc) is 2.42. The van der Waals surface area contributed by atoms with Gasteiger partial charge in [-0.25, -0.2) is 4.79 Å². The summed E-state index contributed by atoms with van der Waals surface area (Å²) in [5.74, 6) is -0.00349. The number of unbranched alkanes of at least 4 members (excludes halogenated alkanes) is 1. The van der Waals surface area contributed by atoms with Gasteiger partial charge in [0.25, 0.3) is 0 Å². The van der Waals surface area contributed by atoms with Crippen molar-refractivity contribution in [2.75, 3.05) is 13.1 Å². The lowest BCUT2D eigenvalue weighted by molar-refractivity contribution is -0.126. The number of likely N-dealkylation sites (N-methyl/N-ethyl adjacent to an activating group) is 1. The third kappa shape index (κ3) is 9.01. The molecule has 122 valence electrons. The van der Waals surface area contributed by atoms with Gasteiger partial charge in [-0.2, -0.15) is 0 Å². The third-order valence-corrected chi connectivity index (χ3v) is 3.11. The van der Waals surface area contributed by atoms with Crippen LogP contribution in [0.1, 0.15) is 40.0 Å². The van der Waals surface area contributed by atoms with Crippen molar-refractivity contribution >= 4 is 18.2 Å². The van der Waals surface area contributed by atoms with Crippen molar-refractivity contribution in [2.45, 2.75) is 52.1 Å². The first-order chi connectivity index (χ1) is 9.92. The van der Waals surface area contributed by atoms with Crippen LogP contribution in [0.15, 0.2) is 0 Å². The molecule has 0 aromatic carbocycles. The van der Waals surface area contributed by atoms with Crippen molar-refractivity contribution in [3.05, 3.63) is 0 Å². The van der Waals surface area contributed by atoms with Crippen LogP contribution in [0.3, 0.4) is 0 Å². The molecule has 3 amide bonds. The fraction of sp³-hybridized carbons (Fsp3) is 0.786. The molecule has 0 saturated carbocycles. The summed E-state index contributed by atoms with van der Waals surface area (Å²) in [6.07, 6.45) is 2.73. The van der Waals surface area contributed by atoms with Crippen LogP contribution in [0.2, 0.25) is 0 Å². The normalized spacial score (nSPS) is 13.5.